The van der Waals surface area contributed by atoms with Gasteiger partial charge in [-0.25, -0.2) is 0 Å². The summed E-state index contributed by atoms with van der Waals surface area (Å²) >= 11 is 0. The molecule has 7 heteroatoms. The number of aromatic nitrogens is 3. The summed E-state index contributed by atoms with van der Waals surface area (Å²) < 4.78 is 1.42. The average molecular weight is 364 g/mol. The number of pyridine rings is 1. The van der Waals surface area contributed by atoms with Crippen LogP contribution in [-0.2, 0) is 11.3 Å². The van der Waals surface area contributed by atoms with Gasteiger partial charge in [0.25, 0.3) is 5.91 Å². The maximum absolute atomic E-state index is 12.9. The summed E-state index contributed by atoms with van der Waals surface area (Å²) in [4.78, 5) is 29.9. The highest BCUT2D eigenvalue weighted by atomic mass is 16.4. The van der Waals surface area contributed by atoms with Crippen LogP contribution in [-0.4, -0.2) is 49.7 Å². The van der Waals surface area contributed by atoms with Crippen molar-refractivity contribution in [1.29, 1.82) is 0 Å². The number of benzene rings is 1. The van der Waals surface area contributed by atoms with E-state index in [1.807, 2.05) is 41.3 Å². The van der Waals surface area contributed by atoms with Crippen molar-refractivity contribution in [2.45, 2.75) is 25.3 Å². The van der Waals surface area contributed by atoms with Crippen molar-refractivity contribution >= 4 is 22.6 Å². The predicted octanol–water partition coefficient (Wildman–Crippen LogP) is 2.54. The third kappa shape index (κ3) is 3.67. The highest BCUT2D eigenvalue weighted by Gasteiger charge is 2.27. The van der Waals surface area contributed by atoms with E-state index in [1.165, 1.54) is 4.68 Å². The van der Waals surface area contributed by atoms with E-state index in [-0.39, 0.29) is 18.4 Å². The van der Waals surface area contributed by atoms with E-state index in [4.69, 9.17) is 5.11 Å². The minimum atomic E-state index is -0.924. The summed E-state index contributed by atoms with van der Waals surface area (Å²) in [7, 11) is 0. The van der Waals surface area contributed by atoms with Crippen molar-refractivity contribution in [1.82, 2.24) is 19.7 Å². The molecule has 1 fully saturated rings. The van der Waals surface area contributed by atoms with Gasteiger partial charge in [-0.3, -0.25) is 19.3 Å². The zero-order valence-electron chi connectivity index (χ0n) is 14.8. The maximum atomic E-state index is 12.9. The Morgan fingerprint density at radius 2 is 2.00 bits per heavy atom. The lowest BCUT2D eigenvalue weighted by Gasteiger charge is -2.31. The highest BCUT2D eigenvalue weighted by molar-refractivity contribution is 5.96. The molecule has 1 N–H and O–H groups in total. The molecule has 0 aliphatic carbocycles. The number of hydrogen-bond donors (Lipinski definition) is 1. The van der Waals surface area contributed by atoms with Gasteiger partial charge >= 0.3 is 5.97 Å². The van der Waals surface area contributed by atoms with E-state index in [2.05, 4.69) is 10.1 Å². The van der Waals surface area contributed by atoms with E-state index < -0.39 is 5.97 Å². The number of fused-ring (bicyclic) bond motifs is 1. The Hall–Kier alpha value is -3.22. The second-order valence-corrected chi connectivity index (χ2v) is 6.84. The summed E-state index contributed by atoms with van der Waals surface area (Å²) in [5, 5.41) is 15.3. The molecule has 0 radical (unpaired) electrons. The van der Waals surface area contributed by atoms with E-state index in [0.717, 1.165) is 29.3 Å². The molecule has 3 aromatic rings. The molecule has 1 saturated heterocycles. The Kier molecular flexibility index (Phi) is 4.58. The van der Waals surface area contributed by atoms with Gasteiger partial charge in [-0.2, -0.15) is 5.10 Å². The Morgan fingerprint density at radius 3 is 2.81 bits per heavy atom. The molecular formula is C20H20N4O3. The molecule has 4 rings (SSSR count). The molecule has 1 unspecified atom stereocenters. The molecule has 1 aliphatic heterocycles. The second kappa shape index (κ2) is 7.19. The van der Waals surface area contributed by atoms with Crippen molar-refractivity contribution in [3.63, 3.8) is 0 Å². The lowest BCUT2D eigenvalue weighted by Crippen LogP contribution is -2.39. The third-order valence-corrected chi connectivity index (χ3v) is 4.94. The van der Waals surface area contributed by atoms with Crippen molar-refractivity contribution in [2.75, 3.05) is 13.1 Å². The van der Waals surface area contributed by atoms with Crippen LogP contribution >= 0.6 is 0 Å². The number of carboxylic acids is 1. The second-order valence-electron chi connectivity index (χ2n) is 6.84. The number of amides is 1. The Labute approximate surface area is 156 Å². The molecule has 7 nitrogen and oxygen atoms in total. The Morgan fingerprint density at radius 1 is 1.19 bits per heavy atom. The number of rotatable bonds is 4. The normalized spacial score (nSPS) is 17.2. The van der Waals surface area contributed by atoms with Crippen LogP contribution in [0.4, 0.5) is 0 Å². The minimum Gasteiger partial charge on any atom is -0.480 e. The molecule has 3 heterocycles. The number of piperidine rings is 1. The van der Waals surface area contributed by atoms with Gasteiger partial charge in [-0.15, -0.1) is 0 Å². The van der Waals surface area contributed by atoms with Crippen molar-refractivity contribution in [3.8, 4) is 0 Å². The molecule has 2 aromatic heterocycles. The van der Waals surface area contributed by atoms with Gasteiger partial charge in [-0.1, -0.05) is 24.3 Å². The van der Waals surface area contributed by atoms with Gasteiger partial charge in [0.15, 0.2) is 0 Å². The first kappa shape index (κ1) is 17.2. The molecule has 27 heavy (non-hydrogen) atoms. The first-order valence-corrected chi connectivity index (χ1v) is 8.99. The molecule has 0 saturated carbocycles. The summed E-state index contributed by atoms with van der Waals surface area (Å²) in [6, 6.07) is 11.5. The zero-order chi connectivity index (χ0) is 18.8. The molecule has 1 aliphatic rings. The Bertz CT molecular complexity index is 998. The quantitative estimate of drug-likeness (QED) is 0.768. The van der Waals surface area contributed by atoms with Gasteiger partial charge in [0.05, 0.1) is 5.69 Å². The topological polar surface area (TPSA) is 88.3 Å². The predicted molar refractivity (Wildman–Crippen MR) is 99.5 cm³/mol. The first-order chi connectivity index (χ1) is 13.1. The molecule has 138 valence electrons. The maximum Gasteiger partial charge on any atom is 0.325 e. The largest absolute Gasteiger partial charge is 0.480 e. The number of nitrogens with zero attached hydrogens (tertiary/aromatic N) is 4. The number of aliphatic carboxylic acids is 1. The van der Waals surface area contributed by atoms with Crippen molar-refractivity contribution in [2.24, 2.45) is 0 Å². The smallest absolute Gasteiger partial charge is 0.325 e. The molecule has 1 atom stereocenters. The van der Waals surface area contributed by atoms with Gasteiger partial charge < -0.3 is 10.0 Å². The lowest BCUT2D eigenvalue weighted by atomic mass is 9.94. The average Bonchev–Trinajstić information content (AvgIpc) is 3.15. The first-order valence-electron chi connectivity index (χ1n) is 8.99. The van der Waals surface area contributed by atoms with Crippen LogP contribution in [0.2, 0.25) is 0 Å². The van der Waals surface area contributed by atoms with Crippen LogP contribution in [0.25, 0.3) is 10.8 Å². The van der Waals surface area contributed by atoms with Crippen LogP contribution in [0, 0.1) is 0 Å². The van der Waals surface area contributed by atoms with E-state index >= 15 is 0 Å². The van der Waals surface area contributed by atoms with Gasteiger partial charge in [-0.05, 0) is 30.4 Å². The fourth-order valence-electron chi connectivity index (χ4n) is 3.59. The zero-order valence-corrected chi connectivity index (χ0v) is 14.8. The monoisotopic (exact) mass is 364 g/mol. The van der Waals surface area contributed by atoms with Crippen molar-refractivity contribution in [3.05, 3.63) is 60.2 Å². The highest BCUT2D eigenvalue weighted by Crippen LogP contribution is 2.27. The molecule has 0 bridgehead atoms. The fraction of sp³-hybridized carbons (Fsp3) is 0.300. The number of carboxylic acid groups (broad SMARTS) is 1. The SMILES string of the molecule is O=C(O)Cn1ccc(C2CCCN(C(=O)c3cc4ccccc4cn3)C2)n1. The van der Waals surface area contributed by atoms with E-state index in [0.29, 0.717) is 18.8 Å². The summed E-state index contributed by atoms with van der Waals surface area (Å²) in [5.41, 5.74) is 1.28. The van der Waals surface area contributed by atoms with Gasteiger partial charge in [0, 0.05) is 36.8 Å². The number of likely N-dealkylation sites (tertiary alicyclic amines) is 1. The van der Waals surface area contributed by atoms with Crippen LogP contribution in [0.3, 0.4) is 0 Å². The molecule has 1 aromatic carbocycles. The lowest BCUT2D eigenvalue weighted by molar-refractivity contribution is -0.137. The number of carbonyl (C=O) groups is 2. The van der Waals surface area contributed by atoms with Gasteiger partial charge in [0.2, 0.25) is 0 Å². The molecule has 1 amide bonds. The van der Waals surface area contributed by atoms with Crippen LogP contribution < -0.4 is 0 Å². The molecule has 0 spiro atoms. The number of carbonyl (C=O) groups excluding carboxylic acids is 1. The van der Waals surface area contributed by atoms with E-state index in [1.54, 1.807) is 12.4 Å². The van der Waals surface area contributed by atoms with Crippen LogP contribution in [0.15, 0.2) is 48.8 Å². The Balaban J connectivity index is 1.50. The summed E-state index contributed by atoms with van der Waals surface area (Å²) in [5.74, 6) is -0.888. The number of hydrogen-bond acceptors (Lipinski definition) is 4. The summed E-state index contributed by atoms with van der Waals surface area (Å²) in [6.45, 7) is 1.10. The van der Waals surface area contributed by atoms with E-state index in [9.17, 15) is 9.59 Å². The third-order valence-electron chi connectivity index (χ3n) is 4.94. The minimum absolute atomic E-state index is 0.0737. The van der Waals surface area contributed by atoms with Crippen molar-refractivity contribution < 1.29 is 14.7 Å². The van der Waals surface area contributed by atoms with Gasteiger partial charge in [0.1, 0.15) is 12.2 Å². The van der Waals surface area contributed by atoms with Crippen LogP contribution in [0.1, 0.15) is 34.9 Å². The van der Waals surface area contributed by atoms with Crippen LogP contribution in [0.5, 0.6) is 0 Å². The fourth-order valence-corrected chi connectivity index (χ4v) is 3.59. The summed E-state index contributed by atoms with van der Waals surface area (Å²) in [6.07, 6.45) is 5.22. The molecular weight excluding hydrogens is 344 g/mol. The standard InChI is InChI=1S/C20H20N4O3/c25-19(26)13-24-9-7-17(22-24)16-6-3-8-23(12-16)20(27)18-10-14-4-1-2-5-15(14)11-21-18/h1-2,4-5,7,9-11,16H,3,6,8,12-13H2,(H,25,26).